The predicted molar refractivity (Wildman–Crippen MR) is 83.1 cm³/mol. The van der Waals surface area contributed by atoms with Gasteiger partial charge in [0.15, 0.2) is 0 Å². The SMILES string of the molecule is CCNC(c1ncccc1Br)c1c(Br)cnn1CC. The van der Waals surface area contributed by atoms with Gasteiger partial charge in [0.2, 0.25) is 0 Å². The number of aromatic nitrogens is 3. The summed E-state index contributed by atoms with van der Waals surface area (Å²) in [4.78, 5) is 4.50. The third kappa shape index (κ3) is 3.07. The zero-order chi connectivity index (χ0) is 13.8. The van der Waals surface area contributed by atoms with Crippen molar-refractivity contribution in [2.75, 3.05) is 6.54 Å². The maximum absolute atomic E-state index is 4.50. The van der Waals surface area contributed by atoms with Crippen LogP contribution in [-0.4, -0.2) is 21.3 Å². The lowest BCUT2D eigenvalue weighted by Crippen LogP contribution is -2.26. The van der Waals surface area contributed by atoms with Crippen LogP contribution in [0.25, 0.3) is 0 Å². The third-order valence-electron chi connectivity index (χ3n) is 2.87. The molecule has 19 heavy (non-hydrogen) atoms. The van der Waals surface area contributed by atoms with Crippen molar-refractivity contribution >= 4 is 31.9 Å². The van der Waals surface area contributed by atoms with Crippen LogP contribution >= 0.6 is 31.9 Å². The molecule has 2 rings (SSSR count). The molecule has 0 radical (unpaired) electrons. The molecule has 6 heteroatoms. The number of hydrogen-bond acceptors (Lipinski definition) is 3. The normalized spacial score (nSPS) is 12.6. The zero-order valence-electron chi connectivity index (χ0n) is 10.9. The second-order valence-corrected chi connectivity index (χ2v) is 5.76. The molecule has 0 aromatic carbocycles. The van der Waals surface area contributed by atoms with Gasteiger partial charge in [0.05, 0.1) is 28.1 Å². The Bertz CT molecular complexity index is 553. The lowest BCUT2D eigenvalue weighted by atomic mass is 10.1. The summed E-state index contributed by atoms with van der Waals surface area (Å²) in [5.41, 5.74) is 2.07. The summed E-state index contributed by atoms with van der Waals surface area (Å²) in [5.74, 6) is 0. The largest absolute Gasteiger partial charge is 0.304 e. The molecule has 2 aromatic heterocycles. The van der Waals surface area contributed by atoms with E-state index in [4.69, 9.17) is 0 Å². The Morgan fingerprint density at radius 2 is 2.11 bits per heavy atom. The monoisotopic (exact) mass is 386 g/mol. The Kier molecular flexibility index (Phi) is 5.13. The van der Waals surface area contributed by atoms with Gasteiger partial charge in [-0.25, -0.2) is 0 Å². The molecule has 1 N–H and O–H groups in total. The first kappa shape index (κ1) is 14.7. The topological polar surface area (TPSA) is 42.7 Å². The average molecular weight is 388 g/mol. The fraction of sp³-hybridized carbons (Fsp3) is 0.385. The lowest BCUT2D eigenvalue weighted by molar-refractivity contribution is 0.531. The van der Waals surface area contributed by atoms with Crippen LogP contribution in [-0.2, 0) is 6.54 Å². The van der Waals surface area contributed by atoms with E-state index in [1.165, 1.54) is 0 Å². The molecule has 0 aliphatic carbocycles. The van der Waals surface area contributed by atoms with Crippen molar-refractivity contribution < 1.29 is 0 Å². The van der Waals surface area contributed by atoms with E-state index in [1.807, 2.05) is 29.2 Å². The molecule has 4 nitrogen and oxygen atoms in total. The molecule has 2 heterocycles. The Morgan fingerprint density at radius 1 is 1.32 bits per heavy atom. The zero-order valence-corrected chi connectivity index (χ0v) is 14.1. The number of hydrogen-bond donors (Lipinski definition) is 1. The Morgan fingerprint density at radius 3 is 2.74 bits per heavy atom. The summed E-state index contributed by atoms with van der Waals surface area (Å²) in [6, 6.07) is 3.94. The van der Waals surface area contributed by atoms with Gasteiger partial charge >= 0.3 is 0 Å². The summed E-state index contributed by atoms with van der Waals surface area (Å²) in [6.45, 7) is 5.85. The van der Waals surface area contributed by atoms with Crippen LogP contribution in [0.15, 0.2) is 33.5 Å². The Hall–Kier alpha value is -0.720. The van der Waals surface area contributed by atoms with Gasteiger partial charge in [-0.3, -0.25) is 9.67 Å². The van der Waals surface area contributed by atoms with Gasteiger partial charge in [-0.2, -0.15) is 5.10 Å². The number of halogens is 2. The molecule has 1 unspecified atom stereocenters. The lowest BCUT2D eigenvalue weighted by Gasteiger charge is -2.20. The van der Waals surface area contributed by atoms with Gasteiger partial charge in [-0.1, -0.05) is 6.92 Å². The van der Waals surface area contributed by atoms with E-state index in [0.717, 1.165) is 33.4 Å². The van der Waals surface area contributed by atoms with Crippen LogP contribution in [0.3, 0.4) is 0 Å². The minimum absolute atomic E-state index is 0.0115. The summed E-state index contributed by atoms with van der Waals surface area (Å²) >= 11 is 7.16. The molecule has 0 aliphatic heterocycles. The van der Waals surface area contributed by atoms with E-state index >= 15 is 0 Å². The van der Waals surface area contributed by atoms with E-state index < -0.39 is 0 Å². The molecule has 0 saturated carbocycles. The molecular weight excluding hydrogens is 372 g/mol. The minimum Gasteiger partial charge on any atom is -0.304 e. The minimum atomic E-state index is 0.0115. The maximum Gasteiger partial charge on any atom is 0.0944 e. The second-order valence-electron chi connectivity index (χ2n) is 4.05. The van der Waals surface area contributed by atoms with E-state index in [9.17, 15) is 0 Å². The van der Waals surface area contributed by atoms with Crippen molar-refractivity contribution in [3.63, 3.8) is 0 Å². The van der Waals surface area contributed by atoms with Gasteiger partial charge in [0.1, 0.15) is 0 Å². The van der Waals surface area contributed by atoms with Gasteiger partial charge in [-0.05, 0) is 57.5 Å². The van der Waals surface area contributed by atoms with E-state index in [1.54, 1.807) is 0 Å². The maximum atomic E-state index is 4.50. The van der Waals surface area contributed by atoms with Crippen LogP contribution < -0.4 is 5.32 Å². The fourth-order valence-electron chi connectivity index (χ4n) is 2.05. The third-order valence-corrected chi connectivity index (χ3v) is 4.16. The molecule has 0 spiro atoms. The van der Waals surface area contributed by atoms with Gasteiger partial charge in [0.25, 0.3) is 0 Å². The van der Waals surface area contributed by atoms with Gasteiger partial charge < -0.3 is 5.32 Å². The second kappa shape index (κ2) is 6.63. The van der Waals surface area contributed by atoms with E-state index in [-0.39, 0.29) is 6.04 Å². The molecule has 102 valence electrons. The molecule has 0 aliphatic rings. The number of nitrogens with one attached hydrogen (secondary N) is 1. The summed E-state index contributed by atoms with van der Waals surface area (Å²) in [6.07, 6.45) is 3.64. The Balaban J connectivity index is 2.51. The number of rotatable bonds is 5. The molecule has 0 amide bonds. The number of pyridine rings is 1. The number of aryl methyl sites for hydroxylation is 1. The standard InChI is InChI=1S/C13H16Br2N4/c1-3-16-12(11-9(14)6-5-7-17-11)13-10(15)8-18-19(13)4-2/h5-8,12,16H,3-4H2,1-2H3. The van der Waals surface area contributed by atoms with Crippen molar-refractivity contribution in [2.45, 2.75) is 26.4 Å². The highest BCUT2D eigenvalue weighted by atomic mass is 79.9. The van der Waals surface area contributed by atoms with Crippen molar-refractivity contribution in [2.24, 2.45) is 0 Å². The van der Waals surface area contributed by atoms with Crippen molar-refractivity contribution in [3.8, 4) is 0 Å². The van der Waals surface area contributed by atoms with Gasteiger partial charge in [-0.15, -0.1) is 0 Å². The van der Waals surface area contributed by atoms with Crippen LogP contribution in [0.5, 0.6) is 0 Å². The summed E-state index contributed by atoms with van der Waals surface area (Å²) in [7, 11) is 0. The first-order valence-corrected chi connectivity index (χ1v) is 7.82. The van der Waals surface area contributed by atoms with Crippen LogP contribution in [0, 0.1) is 0 Å². The van der Waals surface area contributed by atoms with Crippen LogP contribution in [0.1, 0.15) is 31.3 Å². The van der Waals surface area contributed by atoms with E-state index in [0.29, 0.717) is 0 Å². The fourth-order valence-corrected chi connectivity index (χ4v) is 3.06. The molecule has 0 fully saturated rings. The Labute approximate surface area is 129 Å². The quantitative estimate of drug-likeness (QED) is 0.853. The highest BCUT2D eigenvalue weighted by Gasteiger charge is 2.23. The predicted octanol–water partition coefficient (Wildman–Crippen LogP) is 3.52. The average Bonchev–Trinajstić information content (AvgIpc) is 2.78. The smallest absolute Gasteiger partial charge is 0.0944 e. The van der Waals surface area contributed by atoms with Crippen molar-refractivity contribution in [1.29, 1.82) is 0 Å². The van der Waals surface area contributed by atoms with Crippen LogP contribution in [0.4, 0.5) is 0 Å². The molecule has 0 saturated heterocycles. The summed E-state index contributed by atoms with van der Waals surface area (Å²) < 4.78 is 3.98. The molecule has 1 atom stereocenters. The van der Waals surface area contributed by atoms with Crippen molar-refractivity contribution in [1.82, 2.24) is 20.1 Å². The molecule has 2 aromatic rings. The van der Waals surface area contributed by atoms with Gasteiger partial charge in [0, 0.05) is 17.2 Å². The first-order valence-electron chi connectivity index (χ1n) is 6.24. The van der Waals surface area contributed by atoms with Crippen molar-refractivity contribution in [3.05, 3.63) is 44.9 Å². The summed E-state index contributed by atoms with van der Waals surface area (Å²) in [5, 5.41) is 7.85. The first-order chi connectivity index (χ1) is 9.19. The molecular formula is C13H16Br2N4. The highest BCUT2D eigenvalue weighted by Crippen LogP contribution is 2.31. The highest BCUT2D eigenvalue weighted by molar-refractivity contribution is 9.10. The number of nitrogens with zero attached hydrogens (tertiary/aromatic N) is 3. The van der Waals surface area contributed by atoms with E-state index in [2.05, 4.69) is 61.1 Å². The molecule has 0 bridgehead atoms. The van der Waals surface area contributed by atoms with Crippen LogP contribution in [0.2, 0.25) is 0 Å².